The molecule has 90 valence electrons. The van der Waals surface area contributed by atoms with E-state index >= 15 is 0 Å². The largest absolute Gasteiger partial charge is 0.488 e. The van der Waals surface area contributed by atoms with Gasteiger partial charge in [-0.2, -0.15) is 0 Å². The topological polar surface area (TPSA) is 21.3 Å². The van der Waals surface area contributed by atoms with Crippen molar-refractivity contribution in [3.8, 4) is 5.75 Å². The normalized spacial score (nSPS) is 12.5. The summed E-state index contributed by atoms with van der Waals surface area (Å²) in [7, 11) is 1.88. The van der Waals surface area contributed by atoms with Gasteiger partial charge in [-0.15, -0.1) is 0 Å². The molecule has 1 atom stereocenters. The van der Waals surface area contributed by atoms with Crippen LogP contribution in [-0.4, -0.2) is 19.7 Å². The second-order valence-corrected chi connectivity index (χ2v) is 3.75. The van der Waals surface area contributed by atoms with Crippen molar-refractivity contribution < 1.29 is 13.5 Å². The molecular formula is C12H17F2NO. The van der Waals surface area contributed by atoms with E-state index in [4.69, 9.17) is 4.74 Å². The van der Waals surface area contributed by atoms with Crippen LogP contribution in [0.3, 0.4) is 0 Å². The molecule has 4 heteroatoms. The molecule has 0 aromatic heterocycles. The molecule has 0 bridgehead atoms. The number of hydrogen-bond acceptors (Lipinski definition) is 2. The van der Waals surface area contributed by atoms with Crippen LogP contribution in [0, 0.1) is 11.6 Å². The number of benzene rings is 1. The molecule has 2 nitrogen and oxygen atoms in total. The molecule has 16 heavy (non-hydrogen) atoms. The van der Waals surface area contributed by atoms with E-state index in [-0.39, 0.29) is 11.9 Å². The molecule has 0 aliphatic heterocycles. The first kappa shape index (κ1) is 12.9. The van der Waals surface area contributed by atoms with E-state index in [1.807, 2.05) is 14.0 Å². The predicted octanol–water partition coefficient (Wildman–Crippen LogP) is 2.73. The lowest BCUT2D eigenvalue weighted by Gasteiger charge is -2.14. The van der Waals surface area contributed by atoms with Crippen molar-refractivity contribution in [1.82, 2.24) is 5.32 Å². The maximum absolute atomic E-state index is 13.2. The Morgan fingerprint density at radius 1 is 1.38 bits per heavy atom. The second-order valence-electron chi connectivity index (χ2n) is 3.75. The van der Waals surface area contributed by atoms with Crippen molar-refractivity contribution >= 4 is 0 Å². The van der Waals surface area contributed by atoms with Crippen molar-refractivity contribution in [2.45, 2.75) is 25.9 Å². The zero-order chi connectivity index (χ0) is 12.0. The molecule has 0 saturated heterocycles. The molecule has 0 spiro atoms. The molecule has 1 N–H and O–H groups in total. The van der Waals surface area contributed by atoms with Crippen LogP contribution >= 0.6 is 0 Å². The van der Waals surface area contributed by atoms with Crippen molar-refractivity contribution in [3.63, 3.8) is 0 Å². The fourth-order valence-corrected chi connectivity index (χ4v) is 1.41. The lowest BCUT2D eigenvalue weighted by Crippen LogP contribution is -2.16. The van der Waals surface area contributed by atoms with Crippen molar-refractivity contribution in [2.24, 2.45) is 0 Å². The molecule has 1 aromatic rings. The third-order valence-corrected chi connectivity index (χ3v) is 2.26. The van der Waals surface area contributed by atoms with Crippen LogP contribution in [0.1, 0.15) is 19.8 Å². The summed E-state index contributed by atoms with van der Waals surface area (Å²) in [5.41, 5.74) is 0. The lowest BCUT2D eigenvalue weighted by atomic mass is 10.2. The first-order chi connectivity index (χ1) is 7.63. The first-order valence-corrected chi connectivity index (χ1v) is 5.39. The molecule has 0 fully saturated rings. The lowest BCUT2D eigenvalue weighted by molar-refractivity contribution is 0.198. The predicted molar refractivity (Wildman–Crippen MR) is 59.6 cm³/mol. The van der Waals surface area contributed by atoms with Crippen LogP contribution in [0.4, 0.5) is 8.78 Å². The quantitative estimate of drug-likeness (QED) is 0.757. The highest BCUT2D eigenvalue weighted by Crippen LogP contribution is 2.19. The molecule has 0 heterocycles. The fourth-order valence-electron chi connectivity index (χ4n) is 1.41. The van der Waals surface area contributed by atoms with E-state index < -0.39 is 11.6 Å². The molecule has 0 radical (unpaired) electrons. The summed E-state index contributed by atoms with van der Waals surface area (Å²) < 4.78 is 31.2. The van der Waals surface area contributed by atoms with Gasteiger partial charge in [-0.3, -0.25) is 0 Å². The molecule has 0 amide bonds. The molecule has 0 saturated carbocycles. The number of nitrogens with one attached hydrogen (secondary N) is 1. The highest BCUT2D eigenvalue weighted by Gasteiger charge is 2.09. The Morgan fingerprint density at radius 2 is 2.12 bits per heavy atom. The molecule has 1 unspecified atom stereocenters. The molecule has 0 aliphatic carbocycles. The zero-order valence-corrected chi connectivity index (χ0v) is 9.59. The Hall–Kier alpha value is -1.16. The smallest absolute Gasteiger partial charge is 0.167 e. The van der Waals surface area contributed by atoms with Crippen LogP contribution in [0.25, 0.3) is 0 Å². The van der Waals surface area contributed by atoms with Gasteiger partial charge in [0.15, 0.2) is 11.6 Å². The summed E-state index contributed by atoms with van der Waals surface area (Å²) in [6.45, 7) is 2.78. The highest BCUT2D eigenvalue weighted by atomic mass is 19.1. The van der Waals surface area contributed by atoms with Gasteiger partial charge in [0.1, 0.15) is 5.82 Å². The van der Waals surface area contributed by atoms with Gasteiger partial charge in [-0.25, -0.2) is 8.78 Å². The van der Waals surface area contributed by atoms with Crippen molar-refractivity contribution in [2.75, 3.05) is 13.6 Å². The number of halogens is 2. The molecule has 0 aliphatic rings. The number of hydrogen-bond donors (Lipinski definition) is 1. The molecule has 1 rings (SSSR count). The van der Waals surface area contributed by atoms with E-state index in [0.717, 1.165) is 25.5 Å². The SMILES string of the molecule is CNCCCC(C)Oc1ccc(F)cc1F. The van der Waals surface area contributed by atoms with Crippen LogP contribution in [0.15, 0.2) is 18.2 Å². The van der Waals surface area contributed by atoms with Gasteiger partial charge in [0, 0.05) is 6.07 Å². The standard InChI is InChI=1S/C12H17F2NO/c1-9(4-3-7-15-2)16-12-6-5-10(13)8-11(12)14/h5-6,8-9,15H,3-4,7H2,1-2H3. The van der Waals surface area contributed by atoms with E-state index in [1.165, 1.54) is 12.1 Å². The maximum atomic E-state index is 13.2. The van der Waals surface area contributed by atoms with Crippen LogP contribution in [0.2, 0.25) is 0 Å². The Balaban J connectivity index is 2.46. The summed E-state index contributed by atoms with van der Waals surface area (Å²) >= 11 is 0. The van der Waals surface area contributed by atoms with Gasteiger partial charge in [0.25, 0.3) is 0 Å². The minimum absolute atomic E-state index is 0.0756. The van der Waals surface area contributed by atoms with Crippen molar-refractivity contribution in [1.29, 1.82) is 0 Å². The monoisotopic (exact) mass is 229 g/mol. The summed E-state index contributed by atoms with van der Waals surface area (Å²) in [6, 6.07) is 3.34. The second kappa shape index (κ2) is 6.43. The summed E-state index contributed by atoms with van der Waals surface area (Å²) in [5.74, 6) is -1.13. The molecule has 1 aromatic carbocycles. The average Bonchev–Trinajstić information content (AvgIpc) is 2.23. The minimum atomic E-state index is -0.652. The van der Waals surface area contributed by atoms with Crippen LogP contribution in [-0.2, 0) is 0 Å². The number of rotatable bonds is 6. The third-order valence-electron chi connectivity index (χ3n) is 2.26. The van der Waals surface area contributed by atoms with E-state index in [9.17, 15) is 8.78 Å². The third kappa shape index (κ3) is 4.14. The van der Waals surface area contributed by atoms with Gasteiger partial charge in [0.05, 0.1) is 6.10 Å². The van der Waals surface area contributed by atoms with E-state index in [0.29, 0.717) is 0 Å². The van der Waals surface area contributed by atoms with Crippen LogP contribution in [0.5, 0.6) is 5.75 Å². The zero-order valence-electron chi connectivity index (χ0n) is 9.59. The summed E-state index contributed by atoms with van der Waals surface area (Å²) in [5, 5.41) is 3.03. The maximum Gasteiger partial charge on any atom is 0.167 e. The van der Waals surface area contributed by atoms with Gasteiger partial charge in [0.2, 0.25) is 0 Å². The Morgan fingerprint density at radius 3 is 2.75 bits per heavy atom. The first-order valence-electron chi connectivity index (χ1n) is 5.39. The van der Waals surface area contributed by atoms with E-state index in [1.54, 1.807) is 0 Å². The van der Waals surface area contributed by atoms with Crippen molar-refractivity contribution in [3.05, 3.63) is 29.8 Å². The van der Waals surface area contributed by atoms with Gasteiger partial charge in [-0.1, -0.05) is 0 Å². The van der Waals surface area contributed by atoms with Gasteiger partial charge < -0.3 is 10.1 Å². The average molecular weight is 229 g/mol. The van der Waals surface area contributed by atoms with Crippen LogP contribution < -0.4 is 10.1 Å². The number of ether oxygens (including phenoxy) is 1. The fraction of sp³-hybridized carbons (Fsp3) is 0.500. The Kier molecular flexibility index (Phi) is 5.19. The Labute approximate surface area is 94.6 Å². The minimum Gasteiger partial charge on any atom is -0.488 e. The van der Waals surface area contributed by atoms with E-state index in [2.05, 4.69) is 5.32 Å². The highest BCUT2D eigenvalue weighted by molar-refractivity contribution is 5.24. The Bertz CT molecular complexity index is 331. The molecular weight excluding hydrogens is 212 g/mol. The van der Waals surface area contributed by atoms with Gasteiger partial charge >= 0.3 is 0 Å². The van der Waals surface area contributed by atoms with Gasteiger partial charge in [-0.05, 0) is 45.5 Å². The summed E-state index contributed by atoms with van der Waals surface area (Å²) in [4.78, 5) is 0. The summed E-state index contributed by atoms with van der Waals surface area (Å²) in [6.07, 6.45) is 1.71.